The molecule has 0 bridgehead atoms. The molecule has 0 saturated carbocycles. The van der Waals surface area contributed by atoms with Crippen molar-refractivity contribution in [2.75, 3.05) is 37.8 Å². The molecule has 1 atom stereocenters. The first kappa shape index (κ1) is 22.3. The fourth-order valence-electron chi connectivity index (χ4n) is 3.96. The maximum absolute atomic E-state index is 13.2. The molecule has 2 fully saturated rings. The van der Waals surface area contributed by atoms with Crippen LogP contribution in [0.4, 0.5) is 0 Å². The van der Waals surface area contributed by atoms with Crippen molar-refractivity contribution < 1.29 is 18.0 Å². The molecule has 0 N–H and O–H groups in total. The number of hydrogen-bond donors (Lipinski definition) is 0. The van der Waals surface area contributed by atoms with Crippen LogP contribution in [0.15, 0.2) is 41.3 Å². The highest BCUT2D eigenvalue weighted by Crippen LogP contribution is 2.29. The van der Waals surface area contributed by atoms with Crippen molar-refractivity contribution in [3.63, 3.8) is 0 Å². The minimum Gasteiger partial charge on any atom is -0.338 e. The molecule has 2 amide bonds. The number of sulfonamides is 1. The predicted octanol–water partition coefficient (Wildman–Crippen LogP) is 2.41. The van der Waals surface area contributed by atoms with Crippen molar-refractivity contribution in [2.24, 2.45) is 0 Å². The topological polar surface area (TPSA) is 78.0 Å². The average Bonchev–Trinajstić information content (AvgIpc) is 3.40. The van der Waals surface area contributed by atoms with Crippen LogP contribution in [0, 0.1) is 13.8 Å². The van der Waals surface area contributed by atoms with Gasteiger partial charge in [0.15, 0.2) is 0 Å². The number of carbonyl (C=O) groups is 2. The van der Waals surface area contributed by atoms with E-state index in [9.17, 15) is 18.0 Å². The SMILES string of the molecule is Cc1cc(S(=O)(=O)N2CCN(C(=O)[C@@H]3CSCN3C(=O)c3ccccc3)CC2)c(C)s1. The molecule has 2 aliphatic rings. The molecule has 7 nitrogen and oxygen atoms in total. The number of thiophene rings is 1. The number of aryl methyl sites for hydroxylation is 2. The molecule has 0 spiro atoms. The van der Waals surface area contributed by atoms with Crippen molar-refractivity contribution in [3.8, 4) is 0 Å². The largest absolute Gasteiger partial charge is 0.338 e. The zero-order valence-corrected chi connectivity index (χ0v) is 19.9. The van der Waals surface area contributed by atoms with Gasteiger partial charge in [0.25, 0.3) is 5.91 Å². The maximum Gasteiger partial charge on any atom is 0.255 e. The summed E-state index contributed by atoms with van der Waals surface area (Å²) in [5, 5.41) is 0. The number of nitrogens with zero attached hydrogens (tertiary/aromatic N) is 3. The van der Waals surface area contributed by atoms with E-state index >= 15 is 0 Å². The minimum atomic E-state index is -3.56. The van der Waals surface area contributed by atoms with Gasteiger partial charge in [-0.15, -0.1) is 23.1 Å². The van der Waals surface area contributed by atoms with E-state index in [4.69, 9.17) is 0 Å². The number of thioether (sulfide) groups is 1. The summed E-state index contributed by atoms with van der Waals surface area (Å²) in [6, 6.07) is 10.2. The van der Waals surface area contributed by atoms with Crippen LogP contribution in [0.1, 0.15) is 20.1 Å². The van der Waals surface area contributed by atoms with Crippen molar-refractivity contribution in [2.45, 2.75) is 24.8 Å². The van der Waals surface area contributed by atoms with Gasteiger partial charge in [-0.3, -0.25) is 9.59 Å². The molecule has 0 unspecified atom stereocenters. The Hall–Kier alpha value is -1.88. The van der Waals surface area contributed by atoms with E-state index in [0.717, 1.165) is 9.75 Å². The van der Waals surface area contributed by atoms with Gasteiger partial charge in [0.05, 0.1) is 10.8 Å². The van der Waals surface area contributed by atoms with Gasteiger partial charge in [0, 0.05) is 47.2 Å². The molecule has 3 heterocycles. The first-order valence-corrected chi connectivity index (χ1v) is 13.5. The summed E-state index contributed by atoms with van der Waals surface area (Å²) < 4.78 is 27.5. The Kier molecular flexibility index (Phi) is 6.43. The van der Waals surface area contributed by atoms with Crippen LogP contribution in [0.5, 0.6) is 0 Å². The average molecular weight is 480 g/mol. The van der Waals surface area contributed by atoms with Gasteiger partial charge in [-0.2, -0.15) is 4.31 Å². The number of hydrogen-bond acceptors (Lipinski definition) is 6. The summed E-state index contributed by atoms with van der Waals surface area (Å²) in [5.41, 5.74) is 0.570. The Morgan fingerprint density at radius 2 is 1.71 bits per heavy atom. The fourth-order valence-corrected chi connectivity index (χ4v) is 8.05. The van der Waals surface area contributed by atoms with E-state index < -0.39 is 16.1 Å². The molecule has 1 aromatic carbocycles. The van der Waals surface area contributed by atoms with Crippen molar-refractivity contribution >= 4 is 44.9 Å². The molecular formula is C21H25N3O4S3. The molecule has 0 radical (unpaired) electrons. The van der Waals surface area contributed by atoms with Gasteiger partial charge >= 0.3 is 0 Å². The first-order valence-electron chi connectivity index (χ1n) is 10.1. The summed E-state index contributed by atoms with van der Waals surface area (Å²) >= 11 is 3.04. The van der Waals surface area contributed by atoms with E-state index in [1.807, 2.05) is 32.0 Å². The number of piperazine rings is 1. The van der Waals surface area contributed by atoms with Crippen molar-refractivity contribution in [1.82, 2.24) is 14.1 Å². The van der Waals surface area contributed by atoms with Gasteiger partial charge in [0.2, 0.25) is 15.9 Å². The molecule has 4 rings (SSSR count). The number of carbonyl (C=O) groups excluding carboxylic acids is 2. The van der Waals surface area contributed by atoms with Gasteiger partial charge in [-0.05, 0) is 32.0 Å². The molecule has 10 heteroatoms. The normalized spacial score (nSPS) is 20.3. The molecule has 2 aromatic rings. The maximum atomic E-state index is 13.2. The lowest BCUT2D eigenvalue weighted by Gasteiger charge is -2.36. The van der Waals surface area contributed by atoms with E-state index in [1.165, 1.54) is 15.6 Å². The van der Waals surface area contributed by atoms with Crippen LogP contribution in [0.25, 0.3) is 0 Å². The van der Waals surface area contributed by atoms with E-state index in [-0.39, 0.29) is 24.9 Å². The smallest absolute Gasteiger partial charge is 0.255 e. The third-order valence-electron chi connectivity index (χ3n) is 5.61. The molecule has 0 aliphatic carbocycles. The highest BCUT2D eigenvalue weighted by atomic mass is 32.2. The molecular weight excluding hydrogens is 454 g/mol. The Bertz CT molecular complexity index is 1080. The zero-order chi connectivity index (χ0) is 22.2. The third kappa shape index (κ3) is 4.39. The quantitative estimate of drug-likeness (QED) is 0.673. The van der Waals surface area contributed by atoms with Gasteiger partial charge < -0.3 is 9.80 Å². The summed E-state index contributed by atoms with van der Waals surface area (Å²) in [7, 11) is -3.56. The van der Waals surface area contributed by atoms with E-state index in [2.05, 4.69) is 0 Å². The Labute approximate surface area is 191 Å². The van der Waals surface area contributed by atoms with Gasteiger partial charge in [-0.1, -0.05) is 18.2 Å². The molecule has 31 heavy (non-hydrogen) atoms. The summed E-state index contributed by atoms with van der Waals surface area (Å²) in [6.45, 7) is 4.89. The highest BCUT2D eigenvalue weighted by molar-refractivity contribution is 7.99. The monoisotopic (exact) mass is 479 g/mol. The lowest BCUT2D eigenvalue weighted by molar-refractivity contribution is -0.136. The van der Waals surface area contributed by atoms with Crippen LogP contribution >= 0.6 is 23.1 Å². The Balaban J connectivity index is 1.42. The second-order valence-electron chi connectivity index (χ2n) is 7.66. The summed E-state index contributed by atoms with van der Waals surface area (Å²) in [6.07, 6.45) is 0. The molecule has 166 valence electrons. The molecule has 1 aromatic heterocycles. The Morgan fingerprint density at radius 3 is 2.32 bits per heavy atom. The van der Waals surface area contributed by atoms with Crippen LogP contribution in [0.3, 0.4) is 0 Å². The van der Waals surface area contributed by atoms with E-state index in [1.54, 1.807) is 39.8 Å². The molecule has 2 aliphatic heterocycles. The van der Waals surface area contributed by atoms with Gasteiger partial charge in [-0.25, -0.2) is 8.42 Å². The fraction of sp³-hybridized carbons (Fsp3) is 0.429. The summed E-state index contributed by atoms with van der Waals surface area (Å²) in [5.74, 6) is 0.792. The van der Waals surface area contributed by atoms with Crippen LogP contribution in [-0.2, 0) is 14.8 Å². The Morgan fingerprint density at radius 1 is 1.03 bits per heavy atom. The predicted molar refractivity (Wildman–Crippen MR) is 123 cm³/mol. The standard InChI is InChI=1S/C21H25N3O4S3/c1-15-12-19(16(2)30-15)31(27,28)23-10-8-22(9-11-23)21(26)18-13-29-14-24(18)20(25)17-6-4-3-5-7-17/h3-7,12,18H,8-11,13-14H2,1-2H3/t18-/m0/s1. The van der Waals surface area contributed by atoms with Crippen LogP contribution < -0.4 is 0 Å². The molecule has 2 saturated heterocycles. The minimum absolute atomic E-state index is 0.103. The van der Waals surface area contributed by atoms with Gasteiger partial charge in [0.1, 0.15) is 6.04 Å². The lowest BCUT2D eigenvalue weighted by atomic mass is 10.1. The first-order chi connectivity index (χ1) is 14.8. The number of benzene rings is 1. The zero-order valence-electron chi connectivity index (χ0n) is 17.5. The van der Waals surface area contributed by atoms with Crippen LogP contribution in [0.2, 0.25) is 0 Å². The lowest BCUT2D eigenvalue weighted by Crippen LogP contribution is -2.55. The highest BCUT2D eigenvalue weighted by Gasteiger charge is 2.39. The second kappa shape index (κ2) is 8.93. The van der Waals surface area contributed by atoms with E-state index in [0.29, 0.717) is 35.2 Å². The van der Waals surface area contributed by atoms with Crippen molar-refractivity contribution in [3.05, 3.63) is 51.7 Å². The summed E-state index contributed by atoms with van der Waals surface area (Å²) in [4.78, 5) is 31.5. The number of rotatable bonds is 4. The van der Waals surface area contributed by atoms with Crippen molar-refractivity contribution in [1.29, 1.82) is 0 Å². The second-order valence-corrected chi connectivity index (χ2v) is 12.0. The third-order valence-corrected chi connectivity index (χ3v) is 9.74. The van der Waals surface area contributed by atoms with Crippen LogP contribution in [-0.4, -0.2) is 78.2 Å². The number of amides is 2.